The standard InChI is InChI=1S/C42H35F6OP2.C5H5.Fe/c1-26-20-27(2)23-34(22-26)51(35-24-28(3)21-29(4)25-35)39-11-7-9-37(39)40(49)36-8-5-6-10-38(36)50(32-16-12-30(13-17-32)41(43,44)45)33-18-14-31(15-19-33)42(46,47)48;1-2-4-5-3-1;/h5-25,40,49H,1-4H3;1-5H;. The van der Waals surface area contributed by atoms with Gasteiger partial charge in [-0.05, 0) is 151 Å². The molecule has 2 aliphatic rings. The first-order valence-corrected chi connectivity index (χ1v) is 20.6. The molecule has 57 heavy (non-hydrogen) atoms. The van der Waals surface area contributed by atoms with Crippen LogP contribution in [0.2, 0.25) is 0 Å². The number of hydrogen-bond acceptors (Lipinski definition) is 1. The van der Waals surface area contributed by atoms with Crippen LogP contribution in [0.5, 0.6) is 0 Å². The molecule has 0 saturated heterocycles. The molecule has 0 aromatic heterocycles. The maximum Gasteiger partial charge on any atom is 0.416 e. The molecule has 2 fully saturated rings. The average molecular weight is 853 g/mol. The summed E-state index contributed by atoms with van der Waals surface area (Å²) in [5.41, 5.74) is 4.35. The molecule has 2 aliphatic carbocycles. The zero-order chi connectivity index (χ0) is 40.2. The van der Waals surface area contributed by atoms with Crippen LogP contribution in [0.1, 0.15) is 45.0 Å². The fourth-order valence-corrected chi connectivity index (χ4v) is 12.2. The molecule has 1 unspecified atom stereocenters. The minimum absolute atomic E-state index is 0. The Hall–Kier alpha value is -2.98. The van der Waals surface area contributed by atoms with Gasteiger partial charge in [-0.15, -0.1) is 0 Å². The third-order valence-corrected chi connectivity index (χ3v) is 14.2. The fourth-order valence-electron chi connectivity index (χ4n) is 6.88. The van der Waals surface area contributed by atoms with Gasteiger partial charge >= 0.3 is 12.4 Å². The van der Waals surface area contributed by atoms with E-state index in [0.29, 0.717) is 27.4 Å². The number of benzene rings is 5. The average Bonchev–Trinajstić information content (AvgIpc) is 3.88. The first kappa shape index (κ1) is 45.1. The molecule has 1 N–H and O–H groups in total. The van der Waals surface area contributed by atoms with Crippen molar-refractivity contribution >= 4 is 42.4 Å². The van der Waals surface area contributed by atoms with Crippen LogP contribution in [0, 0.1) is 90.6 Å². The Bertz CT molecular complexity index is 1920. The molecule has 10 heteroatoms. The number of halogens is 6. The SMILES string of the molecule is Cc1cc(C)cc(P([C]2[CH][CH][CH][C]2C(O)c2ccccc2P(c2ccc(C(F)(F)F)cc2)c2ccc(C(F)(F)F)cc2)c2cc(C)cc(C)c2)c1.[CH]1[CH][CH][CH][CH]1.[Fe]. The molecule has 5 aromatic rings. The molecule has 7 rings (SSSR count). The summed E-state index contributed by atoms with van der Waals surface area (Å²) < 4.78 is 81.3. The zero-order valence-electron chi connectivity index (χ0n) is 31.6. The summed E-state index contributed by atoms with van der Waals surface area (Å²) in [6, 6.07) is 29.6. The van der Waals surface area contributed by atoms with Crippen LogP contribution in [-0.2, 0) is 29.4 Å². The van der Waals surface area contributed by atoms with Gasteiger partial charge in [-0.2, -0.15) is 26.3 Å². The summed E-state index contributed by atoms with van der Waals surface area (Å²) in [6.07, 6.45) is 5.62. The predicted molar refractivity (Wildman–Crippen MR) is 219 cm³/mol. The topological polar surface area (TPSA) is 20.2 Å². The van der Waals surface area contributed by atoms with Gasteiger partial charge in [0.25, 0.3) is 0 Å². The van der Waals surface area contributed by atoms with E-state index in [-0.39, 0.29) is 17.1 Å². The molecule has 294 valence electrons. The summed E-state index contributed by atoms with van der Waals surface area (Å²) >= 11 is 0. The summed E-state index contributed by atoms with van der Waals surface area (Å²) in [5, 5.41) is 16.3. The Balaban J connectivity index is 0.000000959. The molecule has 0 heterocycles. The van der Waals surface area contributed by atoms with Crippen molar-refractivity contribution in [3.05, 3.63) is 211 Å². The number of aliphatic hydroxyl groups is 1. The van der Waals surface area contributed by atoms with Crippen LogP contribution in [0.3, 0.4) is 0 Å². The summed E-state index contributed by atoms with van der Waals surface area (Å²) in [5.74, 6) is 0.696. The van der Waals surface area contributed by atoms with Crippen LogP contribution in [0.4, 0.5) is 26.3 Å². The Kier molecular flexibility index (Phi) is 15.3. The summed E-state index contributed by atoms with van der Waals surface area (Å²) in [4.78, 5) is 0. The molecule has 0 aliphatic heterocycles. The molecule has 2 saturated carbocycles. The van der Waals surface area contributed by atoms with Crippen LogP contribution < -0.4 is 26.5 Å². The van der Waals surface area contributed by atoms with Crippen LogP contribution >= 0.6 is 15.8 Å². The van der Waals surface area contributed by atoms with Gasteiger partial charge in [0.1, 0.15) is 0 Å². The minimum Gasteiger partial charge on any atom is -0.388 e. The monoisotopic (exact) mass is 852 g/mol. The van der Waals surface area contributed by atoms with E-state index in [1.165, 1.54) is 24.3 Å². The first-order valence-electron chi connectivity index (χ1n) is 17.9. The quantitative estimate of drug-likeness (QED) is 0.0937. The van der Waals surface area contributed by atoms with Gasteiger partial charge in [0, 0.05) is 28.6 Å². The van der Waals surface area contributed by atoms with Gasteiger partial charge in [-0.1, -0.05) is 107 Å². The molecule has 10 radical (unpaired) electrons. The van der Waals surface area contributed by atoms with E-state index in [4.69, 9.17) is 0 Å². The maximum atomic E-state index is 13.6. The second-order valence-electron chi connectivity index (χ2n) is 13.7. The third kappa shape index (κ3) is 11.2. The Labute approximate surface area is 346 Å². The maximum absolute atomic E-state index is 13.6. The molecule has 0 amide bonds. The third-order valence-electron chi connectivity index (χ3n) is 9.22. The van der Waals surface area contributed by atoms with Crippen LogP contribution in [-0.4, -0.2) is 5.11 Å². The van der Waals surface area contributed by atoms with E-state index in [1.807, 2.05) is 51.4 Å². The zero-order valence-corrected chi connectivity index (χ0v) is 34.4. The summed E-state index contributed by atoms with van der Waals surface area (Å²) in [6.45, 7) is 8.25. The van der Waals surface area contributed by atoms with E-state index < -0.39 is 45.4 Å². The Morgan fingerprint density at radius 3 is 1.28 bits per heavy atom. The van der Waals surface area contributed by atoms with Crippen molar-refractivity contribution < 1.29 is 48.5 Å². The van der Waals surface area contributed by atoms with Gasteiger partial charge in [0.2, 0.25) is 0 Å². The van der Waals surface area contributed by atoms with Crippen molar-refractivity contribution in [3.63, 3.8) is 0 Å². The Morgan fingerprint density at radius 1 is 0.474 bits per heavy atom. The van der Waals surface area contributed by atoms with Crippen molar-refractivity contribution in [1.82, 2.24) is 0 Å². The number of rotatable bonds is 8. The predicted octanol–water partition coefficient (Wildman–Crippen LogP) is 10.6. The largest absolute Gasteiger partial charge is 0.416 e. The molecule has 0 spiro atoms. The normalized spacial score (nSPS) is 15.7. The van der Waals surface area contributed by atoms with Crippen LogP contribution in [0.25, 0.3) is 0 Å². The minimum atomic E-state index is -4.55. The van der Waals surface area contributed by atoms with Crippen molar-refractivity contribution in [1.29, 1.82) is 0 Å². The van der Waals surface area contributed by atoms with Gasteiger partial charge in [0.15, 0.2) is 0 Å². The number of alkyl halides is 6. The van der Waals surface area contributed by atoms with Gasteiger partial charge in [-0.25, -0.2) is 0 Å². The number of hydrogen-bond donors (Lipinski definition) is 1. The molecule has 1 atom stereocenters. The molecule has 5 aromatic carbocycles. The Morgan fingerprint density at radius 2 is 0.877 bits per heavy atom. The second kappa shape index (κ2) is 19.4. The number of aryl methyl sites for hydroxylation is 4. The molecule has 0 bridgehead atoms. The van der Waals surface area contributed by atoms with E-state index in [9.17, 15) is 31.4 Å². The van der Waals surface area contributed by atoms with Crippen LogP contribution in [0.15, 0.2) is 109 Å². The van der Waals surface area contributed by atoms with Crippen molar-refractivity contribution in [2.75, 3.05) is 0 Å². The van der Waals surface area contributed by atoms with E-state index in [0.717, 1.165) is 62.8 Å². The summed E-state index contributed by atoms with van der Waals surface area (Å²) in [7, 11) is -2.82. The van der Waals surface area contributed by atoms with Crippen molar-refractivity contribution in [3.8, 4) is 0 Å². The first-order chi connectivity index (χ1) is 26.6. The van der Waals surface area contributed by atoms with Gasteiger partial charge < -0.3 is 5.11 Å². The van der Waals surface area contributed by atoms with Crippen molar-refractivity contribution in [2.24, 2.45) is 0 Å². The van der Waals surface area contributed by atoms with Crippen molar-refractivity contribution in [2.45, 2.75) is 46.2 Å². The number of aliphatic hydroxyl groups excluding tert-OH is 1. The fraction of sp³-hybridized carbons (Fsp3) is 0.149. The second-order valence-corrected chi connectivity index (χ2v) is 18.1. The van der Waals surface area contributed by atoms with E-state index in [2.05, 4.69) is 64.1 Å². The van der Waals surface area contributed by atoms with E-state index >= 15 is 0 Å². The molecule has 1 nitrogen and oxygen atoms in total. The van der Waals surface area contributed by atoms with E-state index in [1.54, 1.807) is 24.3 Å². The van der Waals surface area contributed by atoms with Gasteiger partial charge in [-0.3, -0.25) is 0 Å². The molecular weight excluding hydrogens is 812 g/mol. The van der Waals surface area contributed by atoms with Gasteiger partial charge in [0.05, 0.1) is 17.2 Å². The molecular formula is C47H40F6FeOP2. The smallest absolute Gasteiger partial charge is 0.388 e.